The smallest absolute Gasteiger partial charge is 0.129 e. The Kier molecular flexibility index (Phi) is 3.84. The number of nitrogens with two attached hydrogens (primary N) is 1. The molecule has 21 heavy (non-hydrogen) atoms. The van der Waals surface area contributed by atoms with Crippen LogP contribution in [0, 0.1) is 6.92 Å². The predicted molar refractivity (Wildman–Crippen MR) is 88.1 cm³/mol. The van der Waals surface area contributed by atoms with Crippen LogP contribution in [-0.2, 0) is 13.1 Å². The van der Waals surface area contributed by atoms with Crippen LogP contribution in [0.25, 0.3) is 10.9 Å². The maximum absolute atomic E-state index is 5.78. The Bertz CT molecular complexity index is 765. The van der Waals surface area contributed by atoms with E-state index >= 15 is 0 Å². The molecule has 106 valence electrons. The summed E-state index contributed by atoms with van der Waals surface area (Å²) in [6, 6.07) is 18.6. The lowest BCUT2D eigenvalue weighted by Gasteiger charge is -2.12. The third-order valence-corrected chi connectivity index (χ3v) is 3.70. The van der Waals surface area contributed by atoms with Crippen molar-refractivity contribution in [3.63, 3.8) is 0 Å². The number of pyridine rings is 1. The number of aromatic nitrogens is 1. The molecule has 3 N–H and O–H groups in total. The molecule has 2 aromatic carbocycles. The van der Waals surface area contributed by atoms with E-state index in [1.54, 1.807) is 0 Å². The quantitative estimate of drug-likeness (QED) is 0.766. The van der Waals surface area contributed by atoms with Crippen molar-refractivity contribution < 1.29 is 0 Å². The van der Waals surface area contributed by atoms with Gasteiger partial charge in [0.1, 0.15) is 5.82 Å². The number of para-hydroxylation sites is 1. The maximum Gasteiger partial charge on any atom is 0.129 e. The molecule has 0 spiro atoms. The highest BCUT2D eigenvalue weighted by Gasteiger charge is 2.04. The fraction of sp³-hybridized carbons (Fsp3) is 0.167. The number of anilines is 1. The fourth-order valence-corrected chi connectivity index (χ4v) is 2.51. The number of nitrogens with one attached hydrogen (secondary N) is 1. The van der Waals surface area contributed by atoms with Crippen LogP contribution >= 0.6 is 0 Å². The maximum atomic E-state index is 5.78. The Morgan fingerprint density at radius 2 is 1.71 bits per heavy atom. The molecule has 3 rings (SSSR count). The topological polar surface area (TPSA) is 50.9 Å². The first kappa shape index (κ1) is 13.6. The molecule has 0 aliphatic rings. The summed E-state index contributed by atoms with van der Waals surface area (Å²) in [5.74, 6) is 0.931. The minimum Gasteiger partial charge on any atom is -0.366 e. The number of benzene rings is 2. The molecule has 0 radical (unpaired) electrons. The number of hydrogen-bond acceptors (Lipinski definition) is 3. The lowest BCUT2D eigenvalue weighted by atomic mass is 10.1. The van der Waals surface area contributed by atoms with E-state index in [1.165, 1.54) is 16.5 Å². The van der Waals surface area contributed by atoms with Crippen LogP contribution in [0.2, 0.25) is 0 Å². The van der Waals surface area contributed by atoms with E-state index < -0.39 is 0 Å². The van der Waals surface area contributed by atoms with E-state index in [9.17, 15) is 0 Å². The molecule has 3 heteroatoms. The van der Waals surface area contributed by atoms with Crippen molar-refractivity contribution in [2.24, 2.45) is 5.73 Å². The van der Waals surface area contributed by atoms with E-state index in [0.717, 1.165) is 23.4 Å². The standard InChI is InChI=1S/C18H19N3/c1-13-10-14-6-4-5-9-17(14)21-18(13)20-12-16-8-3-2-7-15(16)11-19/h2-10H,11-12,19H2,1H3,(H,20,21). The summed E-state index contributed by atoms with van der Waals surface area (Å²) in [4.78, 5) is 4.70. The van der Waals surface area contributed by atoms with Crippen molar-refractivity contribution in [3.05, 3.63) is 71.3 Å². The molecule has 0 amide bonds. The molecule has 3 nitrogen and oxygen atoms in total. The van der Waals surface area contributed by atoms with Crippen molar-refractivity contribution in [2.45, 2.75) is 20.0 Å². The van der Waals surface area contributed by atoms with Crippen LogP contribution in [0.1, 0.15) is 16.7 Å². The van der Waals surface area contributed by atoms with Gasteiger partial charge < -0.3 is 11.1 Å². The highest BCUT2D eigenvalue weighted by atomic mass is 15.0. The van der Waals surface area contributed by atoms with Gasteiger partial charge in [-0.15, -0.1) is 0 Å². The van der Waals surface area contributed by atoms with Gasteiger partial charge >= 0.3 is 0 Å². The van der Waals surface area contributed by atoms with Gasteiger partial charge in [0.25, 0.3) is 0 Å². The Morgan fingerprint density at radius 1 is 1.00 bits per heavy atom. The number of rotatable bonds is 4. The highest BCUT2D eigenvalue weighted by Crippen LogP contribution is 2.20. The zero-order valence-corrected chi connectivity index (χ0v) is 12.1. The van der Waals surface area contributed by atoms with Crippen LogP contribution in [0.5, 0.6) is 0 Å². The molecular formula is C18H19N3. The second-order valence-corrected chi connectivity index (χ2v) is 5.17. The Labute approximate surface area is 124 Å². The molecular weight excluding hydrogens is 258 g/mol. The second-order valence-electron chi connectivity index (χ2n) is 5.17. The third kappa shape index (κ3) is 2.88. The minimum atomic E-state index is 0.558. The van der Waals surface area contributed by atoms with Crippen LogP contribution in [0.4, 0.5) is 5.82 Å². The molecule has 1 heterocycles. The van der Waals surface area contributed by atoms with Crippen LogP contribution < -0.4 is 11.1 Å². The van der Waals surface area contributed by atoms with Gasteiger partial charge in [-0.25, -0.2) is 4.98 Å². The lowest BCUT2D eigenvalue weighted by molar-refractivity contribution is 1.00. The highest BCUT2D eigenvalue weighted by molar-refractivity contribution is 5.81. The Balaban J connectivity index is 1.86. The van der Waals surface area contributed by atoms with E-state index in [4.69, 9.17) is 10.7 Å². The largest absolute Gasteiger partial charge is 0.366 e. The third-order valence-electron chi connectivity index (χ3n) is 3.70. The van der Waals surface area contributed by atoms with Crippen LogP contribution in [0.3, 0.4) is 0 Å². The summed E-state index contributed by atoms with van der Waals surface area (Å²) in [6.45, 7) is 3.37. The molecule has 0 atom stereocenters. The van der Waals surface area contributed by atoms with Gasteiger partial charge in [0, 0.05) is 18.5 Å². The van der Waals surface area contributed by atoms with Crippen molar-refractivity contribution in [1.29, 1.82) is 0 Å². The molecule has 3 aromatic rings. The first-order valence-electron chi connectivity index (χ1n) is 7.15. The van der Waals surface area contributed by atoms with Gasteiger partial charge in [-0.1, -0.05) is 42.5 Å². The molecule has 0 unspecified atom stereocenters. The van der Waals surface area contributed by atoms with Gasteiger partial charge in [0.15, 0.2) is 0 Å². The molecule has 0 aliphatic carbocycles. The van der Waals surface area contributed by atoms with Crippen LogP contribution in [-0.4, -0.2) is 4.98 Å². The average Bonchev–Trinajstić information content (AvgIpc) is 2.53. The van der Waals surface area contributed by atoms with Gasteiger partial charge in [-0.2, -0.15) is 0 Å². The van der Waals surface area contributed by atoms with E-state index in [-0.39, 0.29) is 0 Å². The first-order valence-corrected chi connectivity index (χ1v) is 7.15. The summed E-state index contributed by atoms with van der Waals surface area (Å²) in [5, 5.41) is 4.60. The molecule has 0 saturated heterocycles. The zero-order chi connectivity index (χ0) is 14.7. The Hall–Kier alpha value is -2.39. The predicted octanol–water partition coefficient (Wildman–Crippen LogP) is 3.61. The molecule has 1 aromatic heterocycles. The molecule has 0 aliphatic heterocycles. The van der Waals surface area contributed by atoms with E-state index in [2.05, 4.69) is 36.5 Å². The first-order chi connectivity index (χ1) is 10.3. The molecule has 0 bridgehead atoms. The fourth-order valence-electron chi connectivity index (χ4n) is 2.51. The van der Waals surface area contributed by atoms with Crippen molar-refractivity contribution in [3.8, 4) is 0 Å². The summed E-state index contributed by atoms with van der Waals surface area (Å²) in [5.41, 5.74) is 10.3. The monoisotopic (exact) mass is 277 g/mol. The van der Waals surface area contributed by atoms with E-state index in [1.807, 2.05) is 30.3 Å². The van der Waals surface area contributed by atoms with Gasteiger partial charge in [-0.05, 0) is 35.7 Å². The summed E-state index contributed by atoms with van der Waals surface area (Å²) >= 11 is 0. The zero-order valence-electron chi connectivity index (χ0n) is 12.1. The normalized spacial score (nSPS) is 10.8. The lowest BCUT2D eigenvalue weighted by Crippen LogP contribution is -2.08. The summed E-state index contributed by atoms with van der Waals surface area (Å²) < 4.78 is 0. The van der Waals surface area contributed by atoms with Crippen molar-refractivity contribution in [1.82, 2.24) is 4.98 Å². The summed E-state index contributed by atoms with van der Waals surface area (Å²) in [7, 11) is 0. The minimum absolute atomic E-state index is 0.558. The van der Waals surface area contributed by atoms with E-state index in [0.29, 0.717) is 6.54 Å². The molecule has 0 saturated carbocycles. The SMILES string of the molecule is Cc1cc2ccccc2nc1NCc1ccccc1CN. The number of fused-ring (bicyclic) bond motifs is 1. The summed E-state index contributed by atoms with van der Waals surface area (Å²) in [6.07, 6.45) is 0. The second kappa shape index (κ2) is 5.94. The van der Waals surface area contributed by atoms with Crippen molar-refractivity contribution >= 4 is 16.7 Å². The van der Waals surface area contributed by atoms with Gasteiger partial charge in [0.05, 0.1) is 5.52 Å². The molecule has 0 fully saturated rings. The van der Waals surface area contributed by atoms with Gasteiger partial charge in [-0.3, -0.25) is 0 Å². The van der Waals surface area contributed by atoms with Gasteiger partial charge in [0.2, 0.25) is 0 Å². The average molecular weight is 277 g/mol. The number of nitrogens with zero attached hydrogens (tertiary/aromatic N) is 1. The Morgan fingerprint density at radius 3 is 2.52 bits per heavy atom. The number of hydrogen-bond donors (Lipinski definition) is 2. The van der Waals surface area contributed by atoms with Crippen molar-refractivity contribution in [2.75, 3.05) is 5.32 Å². The number of aryl methyl sites for hydroxylation is 1. The van der Waals surface area contributed by atoms with Crippen LogP contribution in [0.15, 0.2) is 54.6 Å².